The molecule has 0 radical (unpaired) electrons. The molecule has 2 heterocycles. The summed E-state index contributed by atoms with van der Waals surface area (Å²) in [6, 6.07) is 2.17. The summed E-state index contributed by atoms with van der Waals surface area (Å²) in [4.78, 5) is 16.6. The number of rotatable bonds is 4. The Balaban J connectivity index is 1.85. The number of hydrogen-bond acceptors (Lipinski definition) is 5. The summed E-state index contributed by atoms with van der Waals surface area (Å²) in [5.74, 6) is 0.257. The van der Waals surface area contributed by atoms with Gasteiger partial charge in [0.15, 0.2) is 11.0 Å². The number of aryl methyl sites for hydroxylation is 2. The van der Waals surface area contributed by atoms with E-state index in [1.165, 1.54) is 22.2 Å². The molecule has 0 aromatic carbocycles. The number of fused-ring (bicyclic) bond motifs is 1. The standard InChI is InChI=1S/C13H15N3O2S2/c1-16-13(20-7-11(17)18)14-12(15-16)9-3-2-4-10-8(9)5-6-19-10/h5-6,9H,2-4,7H2,1H3,(H,17,18). The lowest BCUT2D eigenvalue weighted by atomic mass is 9.87. The highest BCUT2D eigenvalue weighted by atomic mass is 32.2. The van der Waals surface area contributed by atoms with Crippen molar-refractivity contribution in [3.8, 4) is 0 Å². The van der Waals surface area contributed by atoms with Crippen LogP contribution in [-0.2, 0) is 18.3 Å². The Morgan fingerprint density at radius 1 is 1.65 bits per heavy atom. The predicted octanol–water partition coefficient (Wildman–Crippen LogP) is 2.52. The van der Waals surface area contributed by atoms with Crippen LogP contribution >= 0.6 is 23.1 Å². The number of hydrogen-bond donors (Lipinski definition) is 1. The van der Waals surface area contributed by atoms with Gasteiger partial charge in [-0.25, -0.2) is 9.67 Å². The zero-order valence-corrected chi connectivity index (χ0v) is 12.7. The van der Waals surface area contributed by atoms with Crippen molar-refractivity contribution in [2.75, 3.05) is 5.75 Å². The number of aromatic nitrogens is 3. The summed E-state index contributed by atoms with van der Waals surface area (Å²) in [6.07, 6.45) is 3.38. The third-order valence-electron chi connectivity index (χ3n) is 3.43. The van der Waals surface area contributed by atoms with Crippen molar-refractivity contribution >= 4 is 29.1 Å². The molecule has 20 heavy (non-hydrogen) atoms. The number of thioether (sulfide) groups is 1. The quantitative estimate of drug-likeness (QED) is 0.879. The van der Waals surface area contributed by atoms with Gasteiger partial charge in [-0.15, -0.1) is 11.3 Å². The first-order valence-electron chi connectivity index (χ1n) is 6.47. The van der Waals surface area contributed by atoms with E-state index in [4.69, 9.17) is 5.11 Å². The molecule has 2 aromatic rings. The predicted molar refractivity (Wildman–Crippen MR) is 78.5 cm³/mol. The zero-order chi connectivity index (χ0) is 14.1. The van der Waals surface area contributed by atoms with E-state index in [9.17, 15) is 4.79 Å². The van der Waals surface area contributed by atoms with Gasteiger partial charge in [-0.1, -0.05) is 11.8 Å². The van der Waals surface area contributed by atoms with Gasteiger partial charge in [0.1, 0.15) is 0 Å². The second-order valence-electron chi connectivity index (χ2n) is 4.80. The second-order valence-corrected chi connectivity index (χ2v) is 6.75. The Morgan fingerprint density at radius 3 is 3.30 bits per heavy atom. The molecule has 7 heteroatoms. The van der Waals surface area contributed by atoms with Gasteiger partial charge < -0.3 is 5.11 Å². The Bertz CT molecular complexity index is 635. The normalized spacial score (nSPS) is 17.9. The van der Waals surface area contributed by atoms with Crippen molar-refractivity contribution in [1.82, 2.24) is 14.8 Å². The van der Waals surface area contributed by atoms with E-state index >= 15 is 0 Å². The van der Waals surface area contributed by atoms with Gasteiger partial charge in [0, 0.05) is 17.8 Å². The van der Waals surface area contributed by atoms with Crippen LogP contribution in [0.4, 0.5) is 0 Å². The second kappa shape index (κ2) is 5.57. The Labute approximate surface area is 125 Å². The number of nitrogens with zero attached hydrogens (tertiary/aromatic N) is 3. The van der Waals surface area contributed by atoms with Crippen LogP contribution in [0.5, 0.6) is 0 Å². The highest BCUT2D eigenvalue weighted by Gasteiger charge is 2.26. The molecular formula is C13H15N3O2S2. The largest absolute Gasteiger partial charge is 0.481 e. The van der Waals surface area contributed by atoms with E-state index in [1.807, 2.05) is 7.05 Å². The van der Waals surface area contributed by atoms with E-state index in [1.54, 1.807) is 16.0 Å². The third kappa shape index (κ3) is 2.60. The molecule has 1 aliphatic rings. The summed E-state index contributed by atoms with van der Waals surface area (Å²) in [5, 5.41) is 16.0. The highest BCUT2D eigenvalue weighted by molar-refractivity contribution is 7.99. The van der Waals surface area contributed by atoms with Crippen LogP contribution < -0.4 is 0 Å². The maximum atomic E-state index is 10.6. The van der Waals surface area contributed by atoms with E-state index in [2.05, 4.69) is 21.5 Å². The molecule has 2 aromatic heterocycles. The fourth-order valence-corrected chi connectivity index (χ4v) is 4.17. The smallest absolute Gasteiger partial charge is 0.313 e. The van der Waals surface area contributed by atoms with E-state index in [0.717, 1.165) is 25.1 Å². The van der Waals surface area contributed by atoms with Crippen molar-refractivity contribution in [3.05, 3.63) is 27.7 Å². The fourth-order valence-electron chi connectivity index (χ4n) is 2.54. The molecule has 0 amide bonds. The van der Waals surface area contributed by atoms with Gasteiger partial charge in [-0.2, -0.15) is 5.10 Å². The number of carboxylic acid groups (broad SMARTS) is 1. The number of aliphatic carboxylic acids is 1. The molecule has 1 unspecified atom stereocenters. The van der Waals surface area contributed by atoms with E-state index < -0.39 is 5.97 Å². The van der Waals surface area contributed by atoms with Crippen molar-refractivity contribution in [1.29, 1.82) is 0 Å². The minimum Gasteiger partial charge on any atom is -0.481 e. The van der Waals surface area contributed by atoms with Crippen molar-refractivity contribution in [2.45, 2.75) is 30.3 Å². The van der Waals surface area contributed by atoms with E-state index in [-0.39, 0.29) is 11.7 Å². The van der Waals surface area contributed by atoms with Gasteiger partial charge in [0.2, 0.25) is 0 Å². The van der Waals surface area contributed by atoms with Crippen LogP contribution in [0.2, 0.25) is 0 Å². The highest BCUT2D eigenvalue weighted by Crippen LogP contribution is 2.38. The lowest BCUT2D eigenvalue weighted by molar-refractivity contribution is -0.133. The molecule has 0 bridgehead atoms. The van der Waals surface area contributed by atoms with Gasteiger partial charge in [0.05, 0.1) is 5.75 Å². The summed E-state index contributed by atoms with van der Waals surface area (Å²) in [6.45, 7) is 0. The minimum absolute atomic E-state index is 0.0142. The van der Waals surface area contributed by atoms with Crippen molar-refractivity contribution < 1.29 is 9.90 Å². The molecule has 0 saturated carbocycles. The molecule has 1 aliphatic carbocycles. The van der Waals surface area contributed by atoms with Crippen LogP contribution in [0.25, 0.3) is 0 Å². The molecule has 106 valence electrons. The van der Waals surface area contributed by atoms with Crippen LogP contribution in [0.3, 0.4) is 0 Å². The number of carbonyl (C=O) groups is 1. The lowest BCUT2D eigenvalue weighted by Crippen LogP contribution is -2.10. The maximum absolute atomic E-state index is 10.6. The molecule has 0 fully saturated rings. The molecule has 0 spiro atoms. The van der Waals surface area contributed by atoms with Crippen molar-refractivity contribution in [2.24, 2.45) is 7.05 Å². The first-order chi connectivity index (χ1) is 9.65. The fraction of sp³-hybridized carbons (Fsp3) is 0.462. The van der Waals surface area contributed by atoms with Crippen LogP contribution in [0.15, 0.2) is 16.6 Å². The zero-order valence-electron chi connectivity index (χ0n) is 11.1. The maximum Gasteiger partial charge on any atom is 0.313 e. The van der Waals surface area contributed by atoms with Gasteiger partial charge in [-0.05, 0) is 36.3 Å². The van der Waals surface area contributed by atoms with Crippen molar-refractivity contribution in [3.63, 3.8) is 0 Å². The van der Waals surface area contributed by atoms with E-state index in [0.29, 0.717) is 5.16 Å². The third-order valence-corrected chi connectivity index (χ3v) is 5.43. The first-order valence-corrected chi connectivity index (χ1v) is 8.33. The summed E-state index contributed by atoms with van der Waals surface area (Å²) >= 11 is 3.02. The van der Waals surface area contributed by atoms with Gasteiger partial charge >= 0.3 is 5.97 Å². The molecular weight excluding hydrogens is 294 g/mol. The number of thiophene rings is 1. The monoisotopic (exact) mass is 309 g/mol. The first kappa shape index (κ1) is 13.6. The topological polar surface area (TPSA) is 68.0 Å². The minimum atomic E-state index is -0.836. The molecule has 5 nitrogen and oxygen atoms in total. The average Bonchev–Trinajstić information content (AvgIpc) is 3.02. The van der Waals surface area contributed by atoms with Crippen LogP contribution in [0.1, 0.15) is 35.0 Å². The molecule has 1 atom stereocenters. The molecule has 1 N–H and O–H groups in total. The summed E-state index contributed by atoms with van der Waals surface area (Å²) < 4.78 is 1.68. The van der Waals surface area contributed by atoms with Crippen LogP contribution in [-0.4, -0.2) is 31.6 Å². The molecule has 0 aliphatic heterocycles. The lowest BCUT2D eigenvalue weighted by Gasteiger charge is -2.19. The Hall–Kier alpha value is -1.34. The average molecular weight is 309 g/mol. The molecule has 3 rings (SSSR count). The Morgan fingerprint density at radius 2 is 2.50 bits per heavy atom. The molecule has 0 saturated heterocycles. The SMILES string of the molecule is Cn1nc(C2CCCc3sccc32)nc1SCC(=O)O. The van der Waals surface area contributed by atoms with Gasteiger partial charge in [0.25, 0.3) is 0 Å². The summed E-state index contributed by atoms with van der Waals surface area (Å²) in [7, 11) is 1.82. The summed E-state index contributed by atoms with van der Waals surface area (Å²) in [5.41, 5.74) is 1.35. The van der Waals surface area contributed by atoms with Gasteiger partial charge in [-0.3, -0.25) is 4.79 Å². The number of carboxylic acids is 1. The van der Waals surface area contributed by atoms with Crippen LogP contribution in [0, 0.1) is 0 Å². The Kier molecular flexibility index (Phi) is 3.80.